The maximum Gasteiger partial charge on any atom is 0.0564 e. The molecule has 0 aromatic carbocycles. The quantitative estimate of drug-likeness (QED) is 0.825. The van der Waals surface area contributed by atoms with E-state index in [1.165, 1.54) is 27.1 Å². The van der Waals surface area contributed by atoms with Gasteiger partial charge in [0, 0.05) is 20.8 Å². The van der Waals surface area contributed by atoms with Gasteiger partial charge in [0.15, 0.2) is 0 Å². The number of rotatable bonds is 7. The standard InChI is InChI=1S/C13H23BrN2S/c1-4-6-7-16(5-2)12(9-15)13-8-11(14)10(3)17-13/h8,12H,4-7,9,15H2,1-3H3. The van der Waals surface area contributed by atoms with Gasteiger partial charge in [0.05, 0.1) is 6.04 Å². The van der Waals surface area contributed by atoms with Crippen LogP contribution in [-0.2, 0) is 0 Å². The summed E-state index contributed by atoms with van der Waals surface area (Å²) in [5.74, 6) is 0. The van der Waals surface area contributed by atoms with Gasteiger partial charge in [-0.05, 0) is 48.4 Å². The highest BCUT2D eigenvalue weighted by Gasteiger charge is 2.19. The third-order valence-electron chi connectivity index (χ3n) is 3.07. The average Bonchev–Trinajstić information content (AvgIpc) is 2.64. The fourth-order valence-corrected chi connectivity index (χ4v) is 3.70. The van der Waals surface area contributed by atoms with Crippen molar-refractivity contribution in [1.29, 1.82) is 0 Å². The van der Waals surface area contributed by atoms with Gasteiger partial charge >= 0.3 is 0 Å². The van der Waals surface area contributed by atoms with Crippen LogP contribution in [0.15, 0.2) is 10.5 Å². The summed E-state index contributed by atoms with van der Waals surface area (Å²) >= 11 is 5.44. The van der Waals surface area contributed by atoms with E-state index in [4.69, 9.17) is 5.73 Å². The maximum atomic E-state index is 5.96. The van der Waals surface area contributed by atoms with Crippen LogP contribution in [0, 0.1) is 6.92 Å². The molecule has 1 unspecified atom stereocenters. The first-order valence-electron chi connectivity index (χ1n) is 6.33. The Balaban J connectivity index is 2.80. The number of nitrogens with two attached hydrogens (primary N) is 1. The van der Waals surface area contributed by atoms with Crippen molar-refractivity contribution in [1.82, 2.24) is 4.90 Å². The fourth-order valence-electron chi connectivity index (χ4n) is 1.99. The predicted molar refractivity (Wildman–Crippen MR) is 80.7 cm³/mol. The van der Waals surface area contributed by atoms with E-state index in [9.17, 15) is 0 Å². The van der Waals surface area contributed by atoms with Gasteiger partial charge in [-0.3, -0.25) is 4.90 Å². The Morgan fingerprint density at radius 1 is 1.47 bits per heavy atom. The number of likely N-dealkylation sites (N-methyl/N-ethyl adjacent to an activating group) is 1. The number of halogens is 1. The summed E-state index contributed by atoms with van der Waals surface area (Å²) in [5, 5.41) is 0. The Morgan fingerprint density at radius 2 is 2.18 bits per heavy atom. The van der Waals surface area contributed by atoms with E-state index < -0.39 is 0 Å². The van der Waals surface area contributed by atoms with Gasteiger partial charge in [0.1, 0.15) is 0 Å². The molecule has 0 radical (unpaired) electrons. The molecule has 0 spiro atoms. The lowest BCUT2D eigenvalue weighted by Crippen LogP contribution is -2.33. The molecule has 0 saturated heterocycles. The molecule has 2 nitrogen and oxygen atoms in total. The molecule has 98 valence electrons. The van der Waals surface area contributed by atoms with Gasteiger partial charge in [0.25, 0.3) is 0 Å². The van der Waals surface area contributed by atoms with Gasteiger partial charge in [0.2, 0.25) is 0 Å². The first-order valence-corrected chi connectivity index (χ1v) is 7.94. The van der Waals surface area contributed by atoms with Gasteiger partial charge in [-0.25, -0.2) is 0 Å². The van der Waals surface area contributed by atoms with E-state index in [0.29, 0.717) is 12.6 Å². The molecule has 1 atom stereocenters. The van der Waals surface area contributed by atoms with Crippen LogP contribution in [0.25, 0.3) is 0 Å². The van der Waals surface area contributed by atoms with Crippen LogP contribution in [0.5, 0.6) is 0 Å². The summed E-state index contributed by atoms with van der Waals surface area (Å²) < 4.78 is 1.21. The van der Waals surface area contributed by atoms with E-state index in [-0.39, 0.29) is 0 Å². The third kappa shape index (κ3) is 4.05. The zero-order valence-corrected chi connectivity index (χ0v) is 13.4. The van der Waals surface area contributed by atoms with E-state index in [0.717, 1.165) is 13.1 Å². The van der Waals surface area contributed by atoms with Crippen LogP contribution in [0.4, 0.5) is 0 Å². The lowest BCUT2D eigenvalue weighted by atomic mass is 10.2. The summed E-state index contributed by atoms with van der Waals surface area (Å²) in [7, 11) is 0. The zero-order chi connectivity index (χ0) is 12.8. The zero-order valence-electron chi connectivity index (χ0n) is 11.0. The molecule has 0 fully saturated rings. The number of nitrogens with zero attached hydrogens (tertiary/aromatic N) is 1. The molecule has 1 rings (SSSR count). The average molecular weight is 319 g/mol. The largest absolute Gasteiger partial charge is 0.329 e. The Morgan fingerprint density at radius 3 is 2.59 bits per heavy atom. The molecule has 2 N–H and O–H groups in total. The highest BCUT2D eigenvalue weighted by Crippen LogP contribution is 2.33. The molecule has 1 aromatic heterocycles. The molecule has 0 bridgehead atoms. The van der Waals surface area contributed by atoms with Gasteiger partial charge in [-0.1, -0.05) is 20.3 Å². The molecule has 17 heavy (non-hydrogen) atoms. The minimum absolute atomic E-state index is 0.376. The Bertz CT molecular complexity index is 319. The van der Waals surface area contributed by atoms with E-state index in [2.05, 4.69) is 47.7 Å². The van der Waals surface area contributed by atoms with Crippen LogP contribution < -0.4 is 5.73 Å². The number of hydrogen-bond acceptors (Lipinski definition) is 3. The molecule has 1 aromatic rings. The van der Waals surface area contributed by atoms with Crippen LogP contribution >= 0.6 is 27.3 Å². The van der Waals surface area contributed by atoms with Gasteiger partial charge in [-0.15, -0.1) is 11.3 Å². The number of hydrogen-bond donors (Lipinski definition) is 1. The van der Waals surface area contributed by atoms with Crippen LogP contribution in [0.3, 0.4) is 0 Å². The fraction of sp³-hybridized carbons (Fsp3) is 0.692. The van der Waals surface area contributed by atoms with Gasteiger partial charge in [-0.2, -0.15) is 0 Å². The minimum atomic E-state index is 0.376. The minimum Gasteiger partial charge on any atom is -0.329 e. The summed E-state index contributed by atoms with van der Waals surface area (Å²) in [6, 6.07) is 2.60. The van der Waals surface area contributed by atoms with E-state index in [1.54, 1.807) is 0 Å². The lowest BCUT2D eigenvalue weighted by Gasteiger charge is -2.29. The molecular formula is C13H23BrN2S. The van der Waals surface area contributed by atoms with Crippen molar-refractivity contribution in [3.63, 3.8) is 0 Å². The van der Waals surface area contributed by atoms with E-state index in [1.807, 2.05) is 11.3 Å². The highest BCUT2D eigenvalue weighted by molar-refractivity contribution is 9.10. The predicted octanol–water partition coefficient (Wildman–Crippen LogP) is 3.94. The number of thiophene rings is 1. The van der Waals surface area contributed by atoms with Crippen molar-refractivity contribution >= 4 is 27.3 Å². The van der Waals surface area contributed by atoms with Crippen molar-refractivity contribution in [2.45, 2.75) is 39.7 Å². The first-order chi connectivity index (χ1) is 8.13. The second-order valence-corrected chi connectivity index (χ2v) is 6.43. The van der Waals surface area contributed by atoms with E-state index >= 15 is 0 Å². The summed E-state index contributed by atoms with van der Waals surface area (Å²) in [6.45, 7) is 9.50. The Labute approximate surface area is 117 Å². The number of aryl methyl sites for hydroxylation is 1. The molecule has 0 amide bonds. The van der Waals surface area contributed by atoms with Crippen molar-refractivity contribution < 1.29 is 0 Å². The van der Waals surface area contributed by atoms with Crippen molar-refractivity contribution in [3.8, 4) is 0 Å². The Kier molecular flexibility index (Phi) is 6.70. The normalized spacial score (nSPS) is 13.3. The van der Waals surface area contributed by atoms with Crippen molar-refractivity contribution in [2.24, 2.45) is 5.73 Å². The van der Waals surface area contributed by atoms with Crippen LogP contribution in [0.2, 0.25) is 0 Å². The van der Waals surface area contributed by atoms with Crippen LogP contribution in [-0.4, -0.2) is 24.5 Å². The highest BCUT2D eigenvalue weighted by atomic mass is 79.9. The smallest absolute Gasteiger partial charge is 0.0564 e. The first kappa shape index (κ1) is 15.2. The number of unbranched alkanes of at least 4 members (excludes halogenated alkanes) is 1. The SMILES string of the molecule is CCCCN(CC)C(CN)c1cc(Br)c(C)s1. The molecule has 1 heterocycles. The summed E-state index contributed by atoms with van der Waals surface area (Å²) in [5.41, 5.74) is 5.96. The molecule has 0 saturated carbocycles. The van der Waals surface area contributed by atoms with Crippen LogP contribution in [0.1, 0.15) is 42.5 Å². The molecule has 4 heteroatoms. The van der Waals surface area contributed by atoms with Crippen molar-refractivity contribution in [3.05, 3.63) is 20.3 Å². The summed E-state index contributed by atoms with van der Waals surface area (Å²) in [6.07, 6.45) is 2.48. The van der Waals surface area contributed by atoms with Crippen molar-refractivity contribution in [2.75, 3.05) is 19.6 Å². The monoisotopic (exact) mass is 318 g/mol. The second-order valence-electron chi connectivity index (χ2n) is 4.29. The van der Waals surface area contributed by atoms with Gasteiger partial charge < -0.3 is 5.73 Å². The Hall–Kier alpha value is 0.1000. The molecule has 0 aliphatic carbocycles. The lowest BCUT2D eigenvalue weighted by molar-refractivity contribution is 0.212. The molecular weight excluding hydrogens is 296 g/mol. The third-order valence-corrected chi connectivity index (χ3v) is 5.31. The second kappa shape index (κ2) is 7.52. The topological polar surface area (TPSA) is 29.3 Å². The summed E-state index contributed by atoms with van der Waals surface area (Å²) in [4.78, 5) is 5.21. The molecule has 0 aliphatic heterocycles. The molecule has 0 aliphatic rings. The maximum absolute atomic E-state index is 5.96.